The highest BCUT2D eigenvalue weighted by molar-refractivity contribution is 5.82. The van der Waals surface area contributed by atoms with Gasteiger partial charge in [-0.15, -0.1) is 0 Å². The molecule has 0 radical (unpaired) electrons. The van der Waals surface area contributed by atoms with Gasteiger partial charge in [0.1, 0.15) is 12.1 Å². The van der Waals surface area contributed by atoms with E-state index in [1.807, 2.05) is 13.8 Å². The third-order valence-electron chi connectivity index (χ3n) is 4.24. The number of fused-ring (bicyclic) bond motifs is 1. The van der Waals surface area contributed by atoms with Gasteiger partial charge in [0.2, 0.25) is 5.91 Å². The summed E-state index contributed by atoms with van der Waals surface area (Å²) in [6.07, 6.45) is 2.30. The zero-order valence-corrected chi connectivity index (χ0v) is 17.0. The average molecular weight is 363 g/mol. The van der Waals surface area contributed by atoms with E-state index in [4.69, 9.17) is 4.74 Å². The minimum absolute atomic E-state index is 0.0660. The highest BCUT2D eigenvalue weighted by Gasteiger charge is 2.29. The summed E-state index contributed by atoms with van der Waals surface area (Å²) in [6.45, 7) is 11.4. The second-order valence-electron chi connectivity index (χ2n) is 7.28. The first-order chi connectivity index (χ1) is 12.3. The Morgan fingerprint density at radius 2 is 1.85 bits per heavy atom. The highest BCUT2D eigenvalue weighted by Crippen LogP contribution is 2.33. The Bertz CT molecular complexity index is 593. The zero-order valence-electron chi connectivity index (χ0n) is 17.0. The fourth-order valence-corrected chi connectivity index (χ4v) is 3.25. The maximum Gasteiger partial charge on any atom is 0.408 e. The van der Waals surface area contributed by atoms with Gasteiger partial charge < -0.3 is 15.4 Å². The van der Waals surface area contributed by atoms with Crippen molar-refractivity contribution < 1.29 is 14.3 Å². The van der Waals surface area contributed by atoms with Gasteiger partial charge in [0.15, 0.2) is 0 Å². The van der Waals surface area contributed by atoms with Gasteiger partial charge in [-0.3, -0.25) is 4.79 Å². The van der Waals surface area contributed by atoms with Gasteiger partial charge in [-0.2, -0.15) is 0 Å². The van der Waals surface area contributed by atoms with Crippen LogP contribution in [0.1, 0.15) is 71.4 Å². The van der Waals surface area contributed by atoms with Crippen molar-refractivity contribution in [3.8, 4) is 0 Å². The molecule has 5 heteroatoms. The zero-order chi connectivity index (χ0) is 19.7. The van der Waals surface area contributed by atoms with E-state index in [0.29, 0.717) is 5.92 Å². The van der Waals surface area contributed by atoms with Gasteiger partial charge in [-0.1, -0.05) is 45.0 Å². The summed E-state index contributed by atoms with van der Waals surface area (Å²) < 4.78 is 5.14. The Morgan fingerprint density at radius 3 is 2.46 bits per heavy atom. The number of benzene rings is 1. The molecule has 0 aliphatic heterocycles. The molecule has 0 bridgehead atoms. The van der Waals surface area contributed by atoms with Gasteiger partial charge >= 0.3 is 6.09 Å². The molecule has 1 aromatic carbocycles. The number of ether oxygens (including phenoxy) is 1. The molecule has 0 spiro atoms. The number of nitrogens with one attached hydrogen (secondary N) is 2. The number of hydrogen-bond donors (Lipinski definition) is 2. The van der Waals surface area contributed by atoms with Gasteiger partial charge in [0.25, 0.3) is 0 Å². The standard InChI is InChI=1S/C19H28N2O3.C2H6/c1-5-14-15-9-7-6-8-13(15)10-11-16(14)21-17(22)12-20-18(23)24-19(2,3)4;1-2/h6-9,14,16H,5,10-12H2,1-4H3,(H,20,23)(H,21,22);1-2H3. The SMILES string of the molecule is CC.CCC1c2ccccc2CCC1NC(=O)CNC(=O)OC(C)(C)C. The number of carbonyl (C=O) groups excluding carboxylic acids is 2. The number of carbonyl (C=O) groups is 2. The quantitative estimate of drug-likeness (QED) is 0.845. The molecule has 0 saturated carbocycles. The van der Waals surface area contributed by atoms with Crippen molar-refractivity contribution in [3.05, 3.63) is 35.4 Å². The topological polar surface area (TPSA) is 67.4 Å². The molecule has 26 heavy (non-hydrogen) atoms. The van der Waals surface area contributed by atoms with E-state index in [9.17, 15) is 9.59 Å². The third kappa shape index (κ3) is 6.70. The van der Waals surface area contributed by atoms with Crippen molar-refractivity contribution in [1.29, 1.82) is 0 Å². The average Bonchev–Trinajstić information content (AvgIpc) is 2.60. The summed E-state index contributed by atoms with van der Waals surface area (Å²) in [4.78, 5) is 23.8. The molecule has 2 N–H and O–H groups in total. The minimum Gasteiger partial charge on any atom is -0.444 e. The molecule has 0 saturated heterocycles. The molecule has 1 aliphatic rings. The second-order valence-corrected chi connectivity index (χ2v) is 7.28. The lowest BCUT2D eigenvalue weighted by molar-refractivity contribution is -0.121. The normalized spacial score (nSPS) is 18.7. The molecule has 2 atom stereocenters. The van der Waals surface area contributed by atoms with E-state index in [1.54, 1.807) is 20.8 Å². The van der Waals surface area contributed by atoms with Crippen LogP contribution in [0.5, 0.6) is 0 Å². The fraction of sp³-hybridized carbons (Fsp3) is 0.619. The van der Waals surface area contributed by atoms with Crippen LogP contribution in [0.2, 0.25) is 0 Å². The fourth-order valence-electron chi connectivity index (χ4n) is 3.25. The summed E-state index contributed by atoms with van der Waals surface area (Å²) >= 11 is 0. The highest BCUT2D eigenvalue weighted by atomic mass is 16.6. The molecule has 2 unspecified atom stereocenters. The van der Waals surface area contributed by atoms with Gasteiger partial charge in [0, 0.05) is 12.0 Å². The Hall–Kier alpha value is -2.04. The first kappa shape index (κ1) is 22.0. The molecular formula is C21H34N2O3. The Kier molecular flexibility index (Phi) is 8.62. The first-order valence-electron chi connectivity index (χ1n) is 9.64. The number of alkyl carbamates (subject to hydrolysis) is 1. The Morgan fingerprint density at radius 1 is 1.19 bits per heavy atom. The lowest BCUT2D eigenvalue weighted by atomic mass is 9.78. The molecule has 2 rings (SSSR count). The molecule has 2 amide bonds. The second kappa shape index (κ2) is 10.2. The maximum atomic E-state index is 12.2. The molecule has 1 aliphatic carbocycles. The number of amides is 2. The predicted octanol–water partition coefficient (Wildman–Crippen LogP) is 4.16. The van der Waals surface area contributed by atoms with E-state index < -0.39 is 11.7 Å². The molecule has 1 aromatic rings. The van der Waals surface area contributed by atoms with Crippen LogP contribution in [-0.2, 0) is 16.0 Å². The number of rotatable bonds is 4. The summed E-state index contributed by atoms with van der Waals surface area (Å²) in [6, 6.07) is 8.55. The molecule has 0 heterocycles. The Balaban J connectivity index is 0.00000163. The minimum atomic E-state index is -0.571. The van der Waals surface area contributed by atoms with Crippen molar-refractivity contribution in [1.82, 2.24) is 10.6 Å². The molecule has 0 aromatic heterocycles. The number of aryl methyl sites for hydroxylation is 1. The molecular weight excluding hydrogens is 328 g/mol. The van der Waals surface area contributed by atoms with Crippen LogP contribution in [0.4, 0.5) is 4.79 Å². The molecule has 5 nitrogen and oxygen atoms in total. The predicted molar refractivity (Wildman–Crippen MR) is 105 cm³/mol. The Labute approximate surface area is 157 Å². The maximum absolute atomic E-state index is 12.2. The third-order valence-corrected chi connectivity index (χ3v) is 4.24. The van der Waals surface area contributed by atoms with Crippen molar-refractivity contribution in [2.75, 3.05) is 6.54 Å². The van der Waals surface area contributed by atoms with Crippen LogP contribution in [0.25, 0.3) is 0 Å². The summed E-state index contributed by atoms with van der Waals surface area (Å²) in [5.41, 5.74) is 2.14. The van der Waals surface area contributed by atoms with Gasteiger partial charge in [0.05, 0.1) is 0 Å². The van der Waals surface area contributed by atoms with Crippen molar-refractivity contribution in [3.63, 3.8) is 0 Å². The molecule has 0 fully saturated rings. The van der Waals surface area contributed by atoms with E-state index in [0.717, 1.165) is 19.3 Å². The first-order valence-corrected chi connectivity index (χ1v) is 9.64. The largest absolute Gasteiger partial charge is 0.444 e. The summed E-state index contributed by atoms with van der Waals surface area (Å²) in [5.74, 6) is 0.143. The van der Waals surface area contributed by atoms with Crippen molar-refractivity contribution in [2.24, 2.45) is 0 Å². The van der Waals surface area contributed by atoms with Crippen LogP contribution in [0.15, 0.2) is 24.3 Å². The summed E-state index contributed by atoms with van der Waals surface area (Å²) in [5, 5.41) is 5.58. The van der Waals surface area contributed by atoms with Crippen molar-refractivity contribution in [2.45, 2.75) is 78.4 Å². The van der Waals surface area contributed by atoms with Gasteiger partial charge in [-0.05, 0) is 51.2 Å². The van der Waals surface area contributed by atoms with E-state index in [2.05, 4.69) is 41.8 Å². The van der Waals surface area contributed by atoms with E-state index >= 15 is 0 Å². The summed E-state index contributed by atoms with van der Waals surface area (Å²) in [7, 11) is 0. The smallest absolute Gasteiger partial charge is 0.408 e. The van der Waals surface area contributed by atoms with Crippen molar-refractivity contribution >= 4 is 12.0 Å². The van der Waals surface area contributed by atoms with Crippen LogP contribution >= 0.6 is 0 Å². The number of hydrogen-bond acceptors (Lipinski definition) is 3. The van der Waals surface area contributed by atoms with Crippen LogP contribution < -0.4 is 10.6 Å². The van der Waals surface area contributed by atoms with Crippen LogP contribution in [0, 0.1) is 0 Å². The van der Waals surface area contributed by atoms with E-state index in [-0.39, 0.29) is 18.5 Å². The van der Waals surface area contributed by atoms with Crippen LogP contribution in [-0.4, -0.2) is 30.2 Å². The molecule has 146 valence electrons. The van der Waals surface area contributed by atoms with E-state index in [1.165, 1.54) is 11.1 Å². The van der Waals surface area contributed by atoms with Gasteiger partial charge in [-0.25, -0.2) is 4.79 Å². The monoisotopic (exact) mass is 362 g/mol. The lowest BCUT2D eigenvalue weighted by Gasteiger charge is -2.33. The lowest BCUT2D eigenvalue weighted by Crippen LogP contribution is -2.46. The van der Waals surface area contributed by atoms with Crippen LogP contribution in [0.3, 0.4) is 0 Å².